The lowest BCUT2D eigenvalue weighted by Gasteiger charge is -2.51. The Hall–Kier alpha value is -1.53. The molecule has 0 spiro atoms. The Morgan fingerprint density at radius 1 is 1.10 bits per heavy atom. The van der Waals surface area contributed by atoms with Gasteiger partial charge in [-0.15, -0.1) is 0 Å². The smallest absolute Gasteiger partial charge is 0.192 e. The number of aromatic hydroxyl groups is 2. The van der Waals surface area contributed by atoms with Gasteiger partial charge in [0.05, 0.1) is 5.52 Å². The molecule has 4 atom stereocenters. The third-order valence-electron chi connectivity index (χ3n) is 8.34. The van der Waals surface area contributed by atoms with E-state index in [0.717, 1.165) is 24.6 Å². The lowest BCUT2D eigenvalue weighted by molar-refractivity contribution is 0.0501. The van der Waals surface area contributed by atoms with Crippen molar-refractivity contribution < 1.29 is 19.0 Å². The van der Waals surface area contributed by atoms with Crippen LogP contribution in [0.25, 0.3) is 10.9 Å². The standard InChI is InChI=1S/C23H31NO4S/c1-22(2)9-4-10-23(3)16(22)8-7-13(12-5-6-12)18-17(23)14-11-15(25)20(26)21(29(27)28)19(14)24-18/h11-13,16,24-26H,4-10H2,1-3H3,(H,27,28)/t13?,16-,23-/m1/s1. The number of hydrogen-bond acceptors (Lipinski definition) is 3. The van der Waals surface area contributed by atoms with E-state index in [2.05, 4.69) is 25.8 Å². The summed E-state index contributed by atoms with van der Waals surface area (Å²) >= 11 is -2.39. The van der Waals surface area contributed by atoms with Crippen molar-refractivity contribution in [3.8, 4) is 11.5 Å². The molecule has 4 N–H and O–H groups in total. The predicted molar refractivity (Wildman–Crippen MR) is 114 cm³/mol. The molecule has 2 unspecified atom stereocenters. The highest BCUT2D eigenvalue weighted by Gasteiger charge is 2.52. The molecule has 29 heavy (non-hydrogen) atoms. The molecule has 3 aliphatic rings. The number of nitrogens with one attached hydrogen (secondary N) is 1. The van der Waals surface area contributed by atoms with Crippen molar-refractivity contribution in [3.05, 3.63) is 17.3 Å². The van der Waals surface area contributed by atoms with Gasteiger partial charge in [-0.05, 0) is 72.8 Å². The summed E-state index contributed by atoms with van der Waals surface area (Å²) in [7, 11) is 0. The van der Waals surface area contributed by atoms with Crippen LogP contribution in [0.5, 0.6) is 11.5 Å². The van der Waals surface area contributed by atoms with Crippen molar-refractivity contribution >= 4 is 22.0 Å². The van der Waals surface area contributed by atoms with Crippen LogP contribution in [0.1, 0.15) is 82.9 Å². The van der Waals surface area contributed by atoms with Crippen LogP contribution < -0.4 is 0 Å². The molecule has 1 heterocycles. The molecule has 3 aliphatic carbocycles. The first-order valence-electron chi connectivity index (χ1n) is 10.9. The van der Waals surface area contributed by atoms with Gasteiger partial charge in [-0.3, -0.25) is 0 Å². The van der Waals surface area contributed by atoms with Crippen molar-refractivity contribution in [1.82, 2.24) is 4.98 Å². The highest BCUT2D eigenvalue weighted by Crippen LogP contribution is 2.62. The van der Waals surface area contributed by atoms with Gasteiger partial charge in [0.25, 0.3) is 0 Å². The second-order valence-corrected chi connectivity index (χ2v) is 11.4. The number of hydrogen-bond donors (Lipinski definition) is 4. The largest absolute Gasteiger partial charge is 0.504 e. The molecule has 0 amide bonds. The second-order valence-electron chi connectivity index (χ2n) is 10.5. The van der Waals surface area contributed by atoms with Gasteiger partial charge in [0.1, 0.15) is 4.90 Å². The molecule has 1 aromatic heterocycles. The zero-order chi connectivity index (χ0) is 20.7. The molecule has 0 saturated heterocycles. The van der Waals surface area contributed by atoms with Crippen molar-refractivity contribution in [2.24, 2.45) is 17.3 Å². The molecule has 6 heteroatoms. The van der Waals surface area contributed by atoms with Gasteiger partial charge in [0.15, 0.2) is 22.6 Å². The first kappa shape index (κ1) is 19.4. The minimum Gasteiger partial charge on any atom is -0.504 e. The summed E-state index contributed by atoms with van der Waals surface area (Å²) in [4.78, 5) is 3.41. The minimum absolute atomic E-state index is 0.0589. The summed E-state index contributed by atoms with van der Waals surface area (Å²) < 4.78 is 22.0. The van der Waals surface area contributed by atoms with Crippen LogP contribution in [-0.4, -0.2) is 24.0 Å². The summed E-state index contributed by atoms with van der Waals surface area (Å²) in [5.74, 6) is 0.783. The Morgan fingerprint density at radius 3 is 2.48 bits per heavy atom. The zero-order valence-electron chi connectivity index (χ0n) is 17.4. The lowest BCUT2D eigenvalue weighted by atomic mass is 9.53. The van der Waals surface area contributed by atoms with E-state index in [0.29, 0.717) is 23.3 Å². The number of benzene rings is 1. The highest BCUT2D eigenvalue weighted by atomic mass is 32.2. The van der Waals surface area contributed by atoms with Crippen LogP contribution >= 0.6 is 0 Å². The molecule has 0 bridgehead atoms. The summed E-state index contributed by atoms with van der Waals surface area (Å²) in [6, 6.07) is 1.61. The van der Waals surface area contributed by atoms with E-state index in [9.17, 15) is 19.0 Å². The Bertz CT molecular complexity index is 1020. The number of aromatic amines is 1. The third-order valence-corrected chi connectivity index (χ3v) is 9.08. The van der Waals surface area contributed by atoms with E-state index in [4.69, 9.17) is 0 Å². The number of fused-ring (bicyclic) bond motifs is 5. The molecule has 2 saturated carbocycles. The maximum absolute atomic E-state index is 12.1. The quantitative estimate of drug-likeness (QED) is 0.382. The summed E-state index contributed by atoms with van der Waals surface area (Å²) in [6.07, 6.45) is 8.25. The van der Waals surface area contributed by atoms with Gasteiger partial charge < -0.3 is 19.7 Å². The molecule has 5 nitrogen and oxygen atoms in total. The van der Waals surface area contributed by atoms with Crippen LogP contribution in [-0.2, 0) is 16.5 Å². The predicted octanol–water partition coefficient (Wildman–Crippen LogP) is 5.53. The summed E-state index contributed by atoms with van der Waals surface area (Å²) in [6.45, 7) is 7.14. The zero-order valence-corrected chi connectivity index (χ0v) is 18.2. The SMILES string of the molecule is CC1(C)CCC[C@@]2(C)c3c([nH]c4c(S(=O)O)c(O)c(O)cc34)C(C3CC3)CC[C@H]12. The van der Waals surface area contributed by atoms with Gasteiger partial charge in [-0.1, -0.05) is 27.2 Å². The number of phenols is 2. The van der Waals surface area contributed by atoms with E-state index >= 15 is 0 Å². The first-order chi connectivity index (χ1) is 13.6. The van der Waals surface area contributed by atoms with Crippen molar-refractivity contribution in [2.75, 3.05) is 0 Å². The van der Waals surface area contributed by atoms with E-state index in [1.165, 1.54) is 36.9 Å². The molecule has 1 aromatic carbocycles. The number of aromatic nitrogens is 1. The fourth-order valence-electron chi connectivity index (χ4n) is 6.95. The maximum atomic E-state index is 12.1. The van der Waals surface area contributed by atoms with Crippen molar-refractivity contribution in [3.63, 3.8) is 0 Å². The van der Waals surface area contributed by atoms with Crippen LogP contribution in [0.4, 0.5) is 0 Å². The molecular weight excluding hydrogens is 386 g/mol. The average molecular weight is 418 g/mol. The monoisotopic (exact) mass is 417 g/mol. The van der Waals surface area contributed by atoms with Gasteiger partial charge in [0, 0.05) is 17.0 Å². The van der Waals surface area contributed by atoms with Crippen molar-refractivity contribution in [1.29, 1.82) is 0 Å². The molecule has 5 rings (SSSR count). The van der Waals surface area contributed by atoms with Crippen LogP contribution in [0, 0.1) is 17.3 Å². The fourth-order valence-corrected chi connectivity index (χ4v) is 7.56. The topological polar surface area (TPSA) is 93.6 Å². The average Bonchev–Trinajstić information content (AvgIpc) is 3.40. The molecule has 0 aliphatic heterocycles. The lowest BCUT2D eigenvalue weighted by Crippen LogP contribution is -2.44. The van der Waals surface area contributed by atoms with Crippen LogP contribution in [0.15, 0.2) is 11.0 Å². The van der Waals surface area contributed by atoms with Gasteiger partial charge in [-0.2, -0.15) is 0 Å². The highest BCUT2D eigenvalue weighted by molar-refractivity contribution is 7.79. The fraction of sp³-hybridized carbons (Fsp3) is 0.652. The van der Waals surface area contributed by atoms with Crippen LogP contribution in [0.3, 0.4) is 0 Å². The Kier molecular flexibility index (Phi) is 4.18. The Labute approximate surface area is 174 Å². The van der Waals surface area contributed by atoms with Gasteiger partial charge >= 0.3 is 0 Å². The van der Waals surface area contributed by atoms with Gasteiger partial charge in [-0.25, -0.2) is 4.21 Å². The Balaban J connectivity index is 1.86. The summed E-state index contributed by atoms with van der Waals surface area (Å²) in [5.41, 5.74) is 3.09. The van der Waals surface area contributed by atoms with Crippen molar-refractivity contribution in [2.45, 2.75) is 81.9 Å². The number of phenolic OH excluding ortho intramolecular Hbond substituents is 2. The number of H-pyrrole nitrogens is 1. The normalized spacial score (nSPS) is 32.4. The second kappa shape index (κ2) is 6.24. The van der Waals surface area contributed by atoms with Gasteiger partial charge in [0.2, 0.25) is 0 Å². The minimum atomic E-state index is -2.39. The van der Waals surface area contributed by atoms with E-state index in [-0.39, 0.29) is 21.5 Å². The summed E-state index contributed by atoms with van der Waals surface area (Å²) in [5, 5.41) is 21.5. The van der Waals surface area contributed by atoms with E-state index < -0.39 is 16.8 Å². The maximum Gasteiger partial charge on any atom is 0.192 e. The van der Waals surface area contributed by atoms with E-state index in [1.54, 1.807) is 6.07 Å². The first-order valence-corrected chi connectivity index (χ1v) is 12.0. The number of rotatable bonds is 2. The third kappa shape index (κ3) is 2.71. The van der Waals surface area contributed by atoms with Crippen LogP contribution in [0.2, 0.25) is 0 Å². The molecule has 158 valence electrons. The molecule has 2 fully saturated rings. The molecule has 2 aromatic rings. The molecular formula is C23H31NO4S. The molecule has 0 radical (unpaired) electrons. The van der Waals surface area contributed by atoms with E-state index in [1.807, 2.05) is 0 Å². The Morgan fingerprint density at radius 2 is 1.83 bits per heavy atom.